The minimum Gasteiger partial charge on any atom is -0.352 e. The summed E-state index contributed by atoms with van der Waals surface area (Å²) in [5.74, 6) is -0.283. The number of benzene rings is 2. The quantitative estimate of drug-likeness (QED) is 0.580. The first kappa shape index (κ1) is 24.2. The van der Waals surface area contributed by atoms with Gasteiger partial charge in [-0.2, -0.15) is 0 Å². The highest BCUT2D eigenvalue weighted by Gasteiger charge is 2.27. The Kier molecular flexibility index (Phi) is 8.75. The lowest BCUT2D eigenvalue weighted by Crippen LogP contribution is -2.49. The largest absolute Gasteiger partial charge is 0.352 e. The predicted molar refractivity (Wildman–Crippen MR) is 124 cm³/mol. The van der Waals surface area contributed by atoms with Crippen LogP contribution in [0.4, 0.5) is 0 Å². The Balaban J connectivity index is 2.28. The third kappa shape index (κ3) is 6.48. The summed E-state index contributed by atoms with van der Waals surface area (Å²) in [6, 6.07) is 10.7. The van der Waals surface area contributed by atoms with Crippen molar-refractivity contribution in [3.05, 3.63) is 68.7 Å². The van der Waals surface area contributed by atoms with Crippen molar-refractivity contribution < 1.29 is 9.59 Å². The molecule has 2 aromatic carbocycles. The van der Waals surface area contributed by atoms with Crippen LogP contribution >= 0.6 is 23.2 Å². The van der Waals surface area contributed by atoms with Gasteiger partial charge in [-0.05, 0) is 68.5 Å². The molecule has 0 aliphatic rings. The molecule has 0 heterocycles. The second-order valence-electron chi connectivity index (χ2n) is 7.86. The van der Waals surface area contributed by atoms with E-state index in [1.807, 2.05) is 52.0 Å². The van der Waals surface area contributed by atoms with Crippen LogP contribution in [0, 0.1) is 13.8 Å². The van der Waals surface area contributed by atoms with Crippen molar-refractivity contribution in [1.82, 2.24) is 10.2 Å². The van der Waals surface area contributed by atoms with Crippen LogP contribution in [0.15, 0.2) is 36.4 Å². The molecule has 4 nitrogen and oxygen atoms in total. The van der Waals surface area contributed by atoms with Gasteiger partial charge in [-0.3, -0.25) is 9.59 Å². The third-order valence-corrected chi connectivity index (χ3v) is 6.17. The van der Waals surface area contributed by atoms with Crippen LogP contribution in [-0.2, 0) is 22.6 Å². The number of nitrogens with one attached hydrogen (secondary N) is 1. The van der Waals surface area contributed by atoms with Crippen LogP contribution < -0.4 is 5.32 Å². The Morgan fingerprint density at radius 3 is 2.23 bits per heavy atom. The van der Waals surface area contributed by atoms with Gasteiger partial charge in [0.2, 0.25) is 11.8 Å². The van der Waals surface area contributed by atoms with E-state index in [9.17, 15) is 9.59 Å². The lowest BCUT2D eigenvalue weighted by atomic mass is 10.0. The van der Waals surface area contributed by atoms with Crippen molar-refractivity contribution >= 4 is 35.0 Å². The van der Waals surface area contributed by atoms with Crippen molar-refractivity contribution in [2.75, 3.05) is 0 Å². The molecule has 2 rings (SSSR count). The van der Waals surface area contributed by atoms with E-state index in [-0.39, 0.29) is 30.8 Å². The number of carbonyl (C=O) groups excluding carboxylic acids is 2. The number of hydrogen-bond donors (Lipinski definition) is 1. The summed E-state index contributed by atoms with van der Waals surface area (Å²) in [5.41, 5.74) is 4.07. The molecule has 2 aromatic rings. The molecule has 0 saturated heterocycles. The molecule has 0 aliphatic heterocycles. The van der Waals surface area contributed by atoms with Gasteiger partial charge in [0.15, 0.2) is 0 Å². The van der Waals surface area contributed by atoms with Gasteiger partial charge in [0.25, 0.3) is 0 Å². The van der Waals surface area contributed by atoms with Crippen molar-refractivity contribution in [1.29, 1.82) is 0 Å². The van der Waals surface area contributed by atoms with Crippen molar-refractivity contribution in [2.24, 2.45) is 0 Å². The molecule has 0 aromatic heterocycles. The third-order valence-electron chi connectivity index (χ3n) is 5.43. The molecule has 2 amide bonds. The number of carbonyl (C=O) groups is 2. The standard InChI is InChI=1S/C24H30Cl2N2O2/c1-6-17(4)27-24(30)18(5)28(14-20-9-10-21(25)22(26)12-20)23(29)13-19-8-7-15(2)16(3)11-19/h7-12,17-18H,6,13-14H2,1-5H3,(H,27,30)/t17-,18-/m0/s1. The summed E-state index contributed by atoms with van der Waals surface area (Å²) in [5, 5.41) is 3.85. The summed E-state index contributed by atoms with van der Waals surface area (Å²) in [6.07, 6.45) is 1.05. The van der Waals surface area contributed by atoms with E-state index < -0.39 is 6.04 Å². The SMILES string of the molecule is CC[C@H](C)NC(=O)[C@H](C)N(Cc1ccc(Cl)c(Cl)c1)C(=O)Cc1ccc(C)c(C)c1. The first-order valence-electron chi connectivity index (χ1n) is 10.2. The van der Waals surface area contributed by atoms with Gasteiger partial charge in [0.1, 0.15) is 6.04 Å². The highest BCUT2D eigenvalue weighted by molar-refractivity contribution is 6.42. The van der Waals surface area contributed by atoms with Gasteiger partial charge in [-0.15, -0.1) is 0 Å². The lowest BCUT2D eigenvalue weighted by molar-refractivity contribution is -0.140. The Bertz CT molecular complexity index is 914. The maximum absolute atomic E-state index is 13.3. The molecular weight excluding hydrogens is 419 g/mol. The fourth-order valence-electron chi connectivity index (χ4n) is 3.07. The molecule has 0 fully saturated rings. The van der Waals surface area contributed by atoms with E-state index in [0.717, 1.165) is 23.1 Å². The second kappa shape index (κ2) is 10.8. The Hall–Kier alpha value is -2.04. The molecular formula is C24H30Cl2N2O2. The Morgan fingerprint density at radius 2 is 1.63 bits per heavy atom. The van der Waals surface area contributed by atoms with Gasteiger partial charge in [-0.25, -0.2) is 0 Å². The fraction of sp³-hybridized carbons (Fsp3) is 0.417. The van der Waals surface area contributed by atoms with Gasteiger partial charge in [-0.1, -0.05) is 54.4 Å². The number of hydrogen-bond acceptors (Lipinski definition) is 2. The summed E-state index contributed by atoms with van der Waals surface area (Å²) >= 11 is 12.2. The predicted octanol–water partition coefficient (Wildman–Crippen LogP) is 5.48. The lowest BCUT2D eigenvalue weighted by Gasteiger charge is -2.30. The van der Waals surface area contributed by atoms with E-state index in [1.54, 1.807) is 24.0 Å². The minimum atomic E-state index is -0.618. The fourth-order valence-corrected chi connectivity index (χ4v) is 3.39. The second-order valence-corrected chi connectivity index (χ2v) is 8.67. The minimum absolute atomic E-state index is 0.0432. The molecule has 0 saturated carbocycles. The van der Waals surface area contributed by atoms with Crippen LogP contribution in [0.5, 0.6) is 0 Å². The van der Waals surface area contributed by atoms with Crippen LogP contribution in [-0.4, -0.2) is 28.8 Å². The van der Waals surface area contributed by atoms with E-state index in [4.69, 9.17) is 23.2 Å². The molecule has 0 spiro atoms. The molecule has 0 radical (unpaired) electrons. The number of rotatable bonds is 8. The first-order chi connectivity index (χ1) is 14.1. The Morgan fingerprint density at radius 1 is 0.967 bits per heavy atom. The van der Waals surface area contributed by atoms with E-state index in [0.29, 0.717) is 10.0 Å². The normalized spacial score (nSPS) is 12.9. The van der Waals surface area contributed by atoms with Crippen LogP contribution in [0.25, 0.3) is 0 Å². The number of amides is 2. The van der Waals surface area contributed by atoms with Crippen LogP contribution in [0.3, 0.4) is 0 Å². The van der Waals surface area contributed by atoms with E-state index in [2.05, 4.69) is 5.32 Å². The molecule has 30 heavy (non-hydrogen) atoms. The summed E-state index contributed by atoms with van der Waals surface area (Å²) in [7, 11) is 0. The average Bonchev–Trinajstić information content (AvgIpc) is 2.70. The van der Waals surface area contributed by atoms with Gasteiger partial charge in [0, 0.05) is 12.6 Å². The zero-order chi connectivity index (χ0) is 22.4. The smallest absolute Gasteiger partial charge is 0.242 e. The molecule has 162 valence electrons. The highest BCUT2D eigenvalue weighted by atomic mass is 35.5. The van der Waals surface area contributed by atoms with Crippen molar-refractivity contribution in [3.8, 4) is 0 Å². The molecule has 0 bridgehead atoms. The average molecular weight is 449 g/mol. The van der Waals surface area contributed by atoms with E-state index >= 15 is 0 Å². The molecule has 0 aliphatic carbocycles. The summed E-state index contributed by atoms with van der Waals surface area (Å²) < 4.78 is 0. The van der Waals surface area contributed by atoms with Crippen LogP contribution in [0.2, 0.25) is 10.0 Å². The van der Waals surface area contributed by atoms with Crippen molar-refractivity contribution in [2.45, 2.75) is 66.1 Å². The first-order valence-corrected chi connectivity index (χ1v) is 11.0. The van der Waals surface area contributed by atoms with Crippen LogP contribution in [0.1, 0.15) is 49.4 Å². The number of aryl methyl sites for hydroxylation is 2. The topological polar surface area (TPSA) is 49.4 Å². The zero-order valence-corrected chi connectivity index (χ0v) is 19.8. The van der Waals surface area contributed by atoms with Gasteiger partial charge in [0.05, 0.1) is 16.5 Å². The molecule has 6 heteroatoms. The van der Waals surface area contributed by atoms with Gasteiger partial charge >= 0.3 is 0 Å². The number of halogens is 2. The summed E-state index contributed by atoms with van der Waals surface area (Å²) in [4.78, 5) is 27.6. The maximum Gasteiger partial charge on any atom is 0.242 e. The zero-order valence-electron chi connectivity index (χ0n) is 18.3. The molecule has 2 atom stereocenters. The Labute approximate surface area is 189 Å². The molecule has 0 unspecified atom stereocenters. The van der Waals surface area contributed by atoms with Gasteiger partial charge < -0.3 is 10.2 Å². The summed E-state index contributed by atoms with van der Waals surface area (Å²) in [6.45, 7) is 10.1. The number of nitrogens with zero attached hydrogens (tertiary/aromatic N) is 1. The molecule has 1 N–H and O–H groups in total. The van der Waals surface area contributed by atoms with E-state index in [1.165, 1.54) is 5.56 Å². The van der Waals surface area contributed by atoms with Crippen molar-refractivity contribution in [3.63, 3.8) is 0 Å². The maximum atomic E-state index is 13.3. The monoisotopic (exact) mass is 448 g/mol. The highest BCUT2D eigenvalue weighted by Crippen LogP contribution is 2.24.